The van der Waals surface area contributed by atoms with Crippen molar-refractivity contribution in [2.75, 3.05) is 7.05 Å². The molecule has 1 rings (SSSR count). The number of hydrogen-bond acceptors (Lipinski definition) is 1. The minimum absolute atomic E-state index is 0.111. The van der Waals surface area contributed by atoms with E-state index in [9.17, 15) is 4.79 Å². The zero-order valence-electron chi connectivity index (χ0n) is 5.16. The molecule has 9 heavy (non-hydrogen) atoms. The highest BCUT2D eigenvalue weighted by Gasteiger charge is 1.94. The molecule has 48 valence electrons. The summed E-state index contributed by atoms with van der Waals surface area (Å²) >= 11 is 0. The van der Waals surface area contributed by atoms with Crippen molar-refractivity contribution in [3.8, 4) is 0 Å². The third-order valence-corrected chi connectivity index (χ3v) is 1.05. The van der Waals surface area contributed by atoms with Crippen LogP contribution >= 0.6 is 0 Å². The largest absolute Gasteiger partial charge is 0.340 e. The first-order valence-corrected chi connectivity index (χ1v) is 2.69. The van der Waals surface area contributed by atoms with Crippen molar-refractivity contribution in [3.05, 3.63) is 24.5 Å². The molecule has 1 heterocycles. The first kappa shape index (κ1) is 5.88. The third-order valence-electron chi connectivity index (χ3n) is 1.05. The first-order valence-electron chi connectivity index (χ1n) is 2.69. The minimum Gasteiger partial charge on any atom is -0.340 e. The molecule has 1 N–H and O–H groups in total. The highest BCUT2D eigenvalue weighted by atomic mass is 16.2. The second kappa shape index (κ2) is 2.35. The molecule has 0 bridgehead atoms. The second-order valence-electron chi connectivity index (χ2n) is 1.65. The maximum atomic E-state index is 10.7. The van der Waals surface area contributed by atoms with Gasteiger partial charge < -0.3 is 5.32 Å². The molecular formula is C6H8N2O. The summed E-state index contributed by atoms with van der Waals surface area (Å²) in [6.45, 7) is 0. The van der Waals surface area contributed by atoms with Crippen LogP contribution in [0.25, 0.3) is 0 Å². The molecule has 0 fully saturated rings. The fourth-order valence-electron chi connectivity index (χ4n) is 0.599. The Morgan fingerprint density at radius 3 is 2.44 bits per heavy atom. The molecule has 0 aliphatic rings. The zero-order valence-corrected chi connectivity index (χ0v) is 5.16. The normalized spacial score (nSPS) is 9.00. The van der Waals surface area contributed by atoms with Gasteiger partial charge in [-0.15, -0.1) is 0 Å². The van der Waals surface area contributed by atoms with Crippen LogP contribution in [0.1, 0.15) is 0 Å². The van der Waals surface area contributed by atoms with Crippen LogP contribution in [0.5, 0.6) is 0 Å². The number of carbonyl (C=O) groups is 1. The van der Waals surface area contributed by atoms with Gasteiger partial charge in [0.15, 0.2) is 0 Å². The summed E-state index contributed by atoms with van der Waals surface area (Å²) in [5, 5.41) is 2.49. The number of nitrogens with one attached hydrogen (secondary N) is 1. The van der Waals surface area contributed by atoms with Crippen LogP contribution in [0.3, 0.4) is 0 Å². The lowest BCUT2D eigenvalue weighted by atomic mass is 10.7. The summed E-state index contributed by atoms with van der Waals surface area (Å²) in [5.41, 5.74) is 0. The van der Waals surface area contributed by atoms with Gasteiger partial charge in [-0.1, -0.05) is 0 Å². The van der Waals surface area contributed by atoms with E-state index in [-0.39, 0.29) is 6.03 Å². The third kappa shape index (κ3) is 1.10. The van der Waals surface area contributed by atoms with E-state index >= 15 is 0 Å². The number of rotatable bonds is 0. The van der Waals surface area contributed by atoms with Gasteiger partial charge in [0.2, 0.25) is 0 Å². The van der Waals surface area contributed by atoms with Gasteiger partial charge >= 0.3 is 6.03 Å². The van der Waals surface area contributed by atoms with Gasteiger partial charge in [0.25, 0.3) is 0 Å². The van der Waals surface area contributed by atoms with E-state index in [2.05, 4.69) is 5.32 Å². The summed E-state index contributed by atoms with van der Waals surface area (Å²) in [6.07, 6.45) is 3.39. The molecule has 0 aromatic carbocycles. The van der Waals surface area contributed by atoms with Crippen LogP contribution in [0.15, 0.2) is 24.5 Å². The Bertz CT molecular complexity index is 191. The average molecular weight is 124 g/mol. The van der Waals surface area contributed by atoms with E-state index in [0.29, 0.717) is 0 Å². The average Bonchev–Trinajstić information content (AvgIpc) is 2.37. The van der Waals surface area contributed by atoms with Crippen molar-refractivity contribution in [3.63, 3.8) is 0 Å². The zero-order chi connectivity index (χ0) is 6.69. The Labute approximate surface area is 53.3 Å². The summed E-state index contributed by atoms with van der Waals surface area (Å²) in [5.74, 6) is 0. The molecule has 3 nitrogen and oxygen atoms in total. The molecule has 1 amide bonds. The van der Waals surface area contributed by atoms with Crippen molar-refractivity contribution in [2.24, 2.45) is 0 Å². The Balaban J connectivity index is 2.77. The van der Waals surface area contributed by atoms with Crippen molar-refractivity contribution in [2.45, 2.75) is 0 Å². The number of carbonyl (C=O) groups excluding carboxylic acids is 1. The molecular weight excluding hydrogens is 116 g/mol. The van der Waals surface area contributed by atoms with E-state index in [1.807, 2.05) is 0 Å². The molecule has 3 heteroatoms. The quantitative estimate of drug-likeness (QED) is 0.542. The number of nitrogens with zero attached hydrogens (tertiary/aromatic N) is 1. The molecule has 0 saturated heterocycles. The van der Waals surface area contributed by atoms with E-state index in [1.54, 1.807) is 31.6 Å². The first-order chi connectivity index (χ1) is 4.34. The van der Waals surface area contributed by atoms with Crippen LogP contribution in [0.4, 0.5) is 4.79 Å². The smallest absolute Gasteiger partial charge is 0.325 e. The SMILES string of the molecule is CNC(=O)n1cccc1. The maximum absolute atomic E-state index is 10.7. The predicted octanol–water partition coefficient (Wildman–Crippen LogP) is 0.676. The van der Waals surface area contributed by atoms with Crippen molar-refractivity contribution < 1.29 is 4.79 Å². The van der Waals surface area contributed by atoms with Gasteiger partial charge in [0.1, 0.15) is 0 Å². The molecule has 0 atom stereocenters. The molecule has 0 saturated carbocycles. The van der Waals surface area contributed by atoms with Gasteiger partial charge in [-0.25, -0.2) is 4.79 Å². The van der Waals surface area contributed by atoms with Gasteiger partial charge in [-0.3, -0.25) is 4.57 Å². The standard InChI is InChI=1S/C6H8N2O/c1-7-6(9)8-4-2-3-5-8/h2-5H,1H3,(H,7,9). The van der Waals surface area contributed by atoms with Crippen molar-refractivity contribution >= 4 is 6.03 Å². The van der Waals surface area contributed by atoms with Crippen molar-refractivity contribution in [1.29, 1.82) is 0 Å². The highest BCUT2D eigenvalue weighted by Crippen LogP contribution is 1.86. The summed E-state index contributed by atoms with van der Waals surface area (Å²) < 4.78 is 1.47. The monoisotopic (exact) mass is 124 g/mol. The Kier molecular flexibility index (Phi) is 1.53. The van der Waals surface area contributed by atoms with Gasteiger partial charge in [0.05, 0.1) is 0 Å². The van der Waals surface area contributed by atoms with Crippen LogP contribution in [0.2, 0.25) is 0 Å². The fourth-order valence-corrected chi connectivity index (χ4v) is 0.599. The molecule has 1 aromatic heterocycles. The summed E-state index contributed by atoms with van der Waals surface area (Å²) in [6, 6.07) is 3.49. The maximum Gasteiger partial charge on any atom is 0.325 e. The molecule has 1 aromatic rings. The topological polar surface area (TPSA) is 34.0 Å². The number of amides is 1. The van der Waals surface area contributed by atoms with E-state index in [4.69, 9.17) is 0 Å². The highest BCUT2D eigenvalue weighted by molar-refractivity contribution is 5.76. The van der Waals surface area contributed by atoms with Crippen molar-refractivity contribution in [1.82, 2.24) is 9.88 Å². The minimum atomic E-state index is -0.111. The second-order valence-corrected chi connectivity index (χ2v) is 1.65. The van der Waals surface area contributed by atoms with Gasteiger partial charge in [-0.05, 0) is 12.1 Å². The fraction of sp³-hybridized carbons (Fsp3) is 0.167. The molecule has 0 unspecified atom stereocenters. The lowest BCUT2D eigenvalue weighted by Gasteiger charge is -1.96. The lowest BCUT2D eigenvalue weighted by Crippen LogP contribution is -2.22. The molecule has 0 radical (unpaired) electrons. The molecule has 0 spiro atoms. The molecule has 0 aliphatic carbocycles. The molecule has 0 aliphatic heterocycles. The van der Waals surface area contributed by atoms with Crippen LogP contribution in [-0.2, 0) is 0 Å². The predicted molar refractivity (Wildman–Crippen MR) is 34.3 cm³/mol. The Morgan fingerprint density at radius 2 is 2.00 bits per heavy atom. The number of hydrogen-bond donors (Lipinski definition) is 1. The Morgan fingerprint density at radius 1 is 1.44 bits per heavy atom. The summed E-state index contributed by atoms with van der Waals surface area (Å²) in [7, 11) is 1.60. The van der Waals surface area contributed by atoms with Crippen LogP contribution < -0.4 is 5.32 Å². The van der Waals surface area contributed by atoms with E-state index in [1.165, 1.54) is 4.57 Å². The van der Waals surface area contributed by atoms with Crippen LogP contribution in [-0.4, -0.2) is 17.6 Å². The van der Waals surface area contributed by atoms with E-state index < -0.39 is 0 Å². The van der Waals surface area contributed by atoms with Gasteiger partial charge in [-0.2, -0.15) is 0 Å². The van der Waals surface area contributed by atoms with Crippen LogP contribution in [0, 0.1) is 0 Å². The van der Waals surface area contributed by atoms with Gasteiger partial charge in [0, 0.05) is 19.4 Å². The summed E-state index contributed by atoms with van der Waals surface area (Å²) in [4.78, 5) is 10.7. The Hall–Kier alpha value is -1.25. The lowest BCUT2D eigenvalue weighted by molar-refractivity contribution is 0.244. The van der Waals surface area contributed by atoms with E-state index in [0.717, 1.165) is 0 Å². The number of aromatic nitrogens is 1.